The molecule has 3 aromatic rings. The van der Waals surface area contributed by atoms with Crippen LogP contribution in [0.2, 0.25) is 0 Å². The Hall–Kier alpha value is -2.82. The molecule has 36 heavy (non-hydrogen) atoms. The summed E-state index contributed by atoms with van der Waals surface area (Å²) in [5, 5.41) is 0. The maximum Gasteiger partial charge on any atom is 0.200 e. The monoisotopic (exact) mass is 498 g/mol. The van der Waals surface area contributed by atoms with Gasteiger partial charge in [0.25, 0.3) is 0 Å². The number of aryl methyl sites for hydroxylation is 1. The molecular weight excluding hydrogens is 464 g/mol. The first kappa shape index (κ1) is 26.2. The van der Waals surface area contributed by atoms with Crippen LogP contribution in [0.4, 0.5) is 17.6 Å². The van der Waals surface area contributed by atoms with Crippen LogP contribution in [0.25, 0.3) is 11.1 Å². The first-order valence-corrected chi connectivity index (χ1v) is 13.1. The summed E-state index contributed by atoms with van der Waals surface area (Å²) in [5.41, 5.74) is 2.29. The van der Waals surface area contributed by atoms with Crippen molar-refractivity contribution in [1.82, 2.24) is 0 Å². The number of hydrogen-bond donors (Lipinski definition) is 0. The molecule has 5 heteroatoms. The van der Waals surface area contributed by atoms with E-state index in [9.17, 15) is 8.78 Å². The highest BCUT2D eigenvalue weighted by molar-refractivity contribution is 5.65. The van der Waals surface area contributed by atoms with E-state index in [4.69, 9.17) is 4.74 Å². The van der Waals surface area contributed by atoms with Crippen molar-refractivity contribution in [3.63, 3.8) is 0 Å². The molecule has 1 fully saturated rings. The molecule has 0 aliphatic heterocycles. The van der Waals surface area contributed by atoms with Gasteiger partial charge in [0.1, 0.15) is 6.61 Å². The molecule has 0 amide bonds. The van der Waals surface area contributed by atoms with Crippen LogP contribution in [-0.4, -0.2) is 0 Å². The van der Waals surface area contributed by atoms with E-state index in [2.05, 4.69) is 6.92 Å². The predicted molar refractivity (Wildman–Crippen MR) is 136 cm³/mol. The van der Waals surface area contributed by atoms with Crippen LogP contribution in [-0.2, 0) is 13.0 Å². The Labute approximate surface area is 211 Å². The molecule has 0 unspecified atom stereocenters. The fourth-order valence-corrected chi connectivity index (χ4v) is 5.17. The van der Waals surface area contributed by atoms with Crippen molar-refractivity contribution in [3.05, 3.63) is 88.5 Å². The summed E-state index contributed by atoms with van der Waals surface area (Å²) in [6.07, 6.45) is 7.23. The summed E-state index contributed by atoms with van der Waals surface area (Å²) in [6.45, 7) is 4.21. The summed E-state index contributed by atoms with van der Waals surface area (Å²) in [7, 11) is 0. The van der Waals surface area contributed by atoms with Gasteiger partial charge in [0.2, 0.25) is 5.82 Å². The van der Waals surface area contributed by atoms with Crippen molar-refractivity contribution < 1.29 is 22.3 Å². The van der Waals surface area contributed by atoms with E-state index in [1.807, 2.05) is 6.92 Å². The highest BCUT2D eigenvalue weighted by Gasteiger charge is 2.26. The van der Waals surface area contributed by atoms with Gasteiger partial charge in [0.15, 0.2) is 23.2 Å². The van der Waals surface area contributed by atoms with Crippen LogP contribution in [0.3, 0.4) is 0 Å². The average molecular weight is 499 g/mol. The molecule has 0 heterocycles. The molecule has 4 rings (SSSR count). The third-order valence-corrected chi connectivity index (χ3v) is 7.56. The number of benzene rings is 3. The predicted octanol–water partition coefficient (Wildman–Crippen LogP) is 9.52. The van der Waals surface area contributed by atoms with Crippen molar-refractivity contribution in [2.45, 2.75) is 77.7 Å². The van der Waals surface area contributed by atoms with Gasteiger partial charge in [0.05, 0.1) is 0 Å². The number of halogens is 4. The molecule has 1 nitrogen and oxygen atoms in total. The first-order valence-electron chi connectivity index (χ1n) is 13.1. The number of unbranched alkanes of at least 4 members (excludes halogenated alkanes) is 1. The quantitative estimate of drug-likeness (QED) is 0.267. The summed E-state index contributed by atoms with van der Waals surface area (Å²) in [6, 6.07) is 13.2. The maximum atomic E-state index is 15.0. The summed E-state index contributed by atoms with van der Waals surface area (Å²) >= 11 is 0. The number of hydrogen-bond acceptors (Lipinski definition) is 1. The molecule has 0 spiro atoms. The van der Waals surface area contributed by atoms with Crippen molar-refractivity contribution >= 4 is 0 Å². The first-order chi connectivity index (χ1) is 17.4. The minimum atomic E-state index is -0.985. The van der Waals surface area contributed by atoms with Crippen LogP contribution in [0, 0.1) is 29.2 Å². The molecule has 0 bridgehead atoms. The second kappa shape index (κ2) is 11.9. The molecular formula is C31H34F4O. The van der Waals surface area contributed by atoms with Crippen molar-refractivity contribution in [2.24, 2.45) is 5.92 Å². The van der Waals surface area contributed by atoms with Gasteiger partial charge in [-0.1, -0.05) is 69.2 Å². The van der Waals surface area contributed by atoms with Gasteiger partial charge in [-0.05, 0) is 78.7 Å². The lowest BCUT2D eigenvalue weighted by Gasteiger charge is -2.28. The minimum Gasteiger partial charge on any atom is -0.486 e. The zero-order valence-corrected chi connectivity index (χ0v) is 21.1. The Balaban J connectivity index is 1.43. The molecule has 0 aromatic heterocycles. The Morgan fingerprint density at radius 1 is 0.750 bits per heavy atom. The van der Waals surface area contributed by atoms with Gasteiger partial charge in [-0.2, -0.15) is 4.39 Å². The highest BCUT2D eigenvalue weighted by atomic mass is 19.2. The van der Waals surface area contributed by atoms with Crippen LogP contribution < -0.4 is 4.74 Å². The molecule has 0 atom stereocenters. The minimum absolute atomic E-state index is 0.0289. The third-order valence-electron chi connectivity index (χ3n) is 7.56. The van der Waals surface area contributed by atoms with E-state index in [1.165, 1.54) is 6.07 Å². The molecule has 0 N–H and O–H groups in total. The van der Waals surface area contributed by atoms with Crippen LogP contribution in [0.15, 0.2) is 48.5 Å². The lowest BCUT2D eigenvalue weighted by atomic mass is 9.77. The van der Waals surface area contributed by atoms with Crippen molar-refractivity contribution in [3.8, 4) is 16.9 Å². The van der Waals surface area contributed by atoms with Gasteiger partial charge in [-0.15, -0.1) is 0 Å². The van der Waals surface area contributed by atoms with E-state index < -0.39 is 23.3 Å². The van der Waals surface area contributed by atoms with Crippen LogP contribution >= 0.6 is 0 Å². The standard InChI is InChI=1S/C31H34F4O/c1-3-5-6-24-15-18-27(31(35)28(24)32)36-19-21-9-13-23(14-10-21)26-17-16-25(29(33)30(26)34)22-11-7-20(4-2)8-12-22/h9-10,13-18,20,22H,3-8,11-12,19H2,1-2H3. The Bertz CT molecular complexity index is 1160. The van der Waals surface area contributed by atoms with E-state index >= 15 is 8.78 Å². The van der Waals surface area contributed by atoms with E-state index in [0.717, 1.165) is 44.9 Å². The lowest BCUT2D eigenvalue weighted by molar-refractivity contribution is 0.284. The summed E-state index contributed by atoms with van der Waals surface area (Å²) < 4.78 is 64.2. The van der Waals surface area contributed by atoms with Gasteiger partial charge >= 0.3 is 0 Å². The van der Waals surface area contributed by atoms with E-state index in [0.29, 0.717) is 34.6 Å². The molecule has 0 radical (unpaired) electrons. The summed E-state index contributed by atoms with van der Waals surface area (Å²) in [4.78, 5) is 0. The fourth-order valence-electron chi connectivity index (χ4n) is 5.17. The van der Waals surface area contributed by atoms with Gasteiger partial charge in [0, 0.05) is 5.56 Å². The largest absolute Gasteiger partial charge is 0.486 e. The van der Waals surface area contributed by atoms with Crippen LogP contribution in [0.5, 0.6) is 5.75 Å². The Morgan fingerprint density at radius 3 is 2.14 bits per heavy atom. The van der Waals surface area contributed by atoms with Gasteiger partial charge < -0.3 is 4.74 Å². The fraction of sp³-hybridized carbons (Fsp3) is 0.419. The van der Waals surface area contributed by atoms with Crippen molar-refractivity contribution in [2.75, 3.05) is 0 Å². The Morgan fingerprint density at radius 2 is 1.47 bits per heavy atom. The molecule has 1 saturated carbocycles. The third kappa shape index (κ3) is 5.77. The second-order valence-corrected chi connectivity index (χ2v) is 9.90. The molecule has 1 aliphatic carbocycles. The molecule has 192 valence electrons. The van der Waals surface area contributed by atoms with Gasteiger partial charge in [-0.3, -0.25) is 0 Å². The average Bonchev–Trinajstić information content (AvgIpc) is 2.91. The zero-order chi connectivity index (χ0) is 25.7. The smallest absolute Gasteiger partial charge is 0.200 e. The molecule has 0 saturated heterocycles. The zero-order valence-electron chi connectivity index (χ0n) is 21.1. The van der Waals surface area contributed by atoms with E-state index in [1.54, 1.807) is 42.5 Å². The maximum absolute atomic E-state index is 15.0. The highest BCUT2D eigenvalue weighted by Crippen LogP contribution is 2.39. The van der Waals surface area contributed by atoms with Crippen LogP contribution in [0.1, 0.15) is 81.4 Å². The van der Waals surface area contributed by atoms with Gasteiger partial charge in [-0.25, -0.2) is 13.2 Å². The summed E-state index contributed by atoms with van der Waals surface area (Å²) in [5.74, 6) is -2.81. The molecule has 1 aliphatic rings. The normalized spacial score (nSPS) is 17.8. The lowest BCUT2D eigenvalue weighted by Crippen LogP contribution is -2.14. The number of ether oxygens (including phenoxy) is 1. The SMILES string of the molecule is CCCCc1ccc(OCc2ccc(-c3ccc(C4CCC(CC)CC4)c(F)c3F)cc2)c(F)c1F. The number of rotatable bonds is 9. The second-order valence-electron chi connectivity index (χ2n) is 9.90. The van der Waals surface area contributed by atoms with Crippen molar-refractivity contribution in [1.29, 1.82) is 0 Å². The van der Waals surface area contributed by atoms with E-state index in [-0.39, 0.29) is 23.8 Å². The topological polar surface area (TPSA) is 9.23 Å². The Kier molecular flexibility index (Phi) is 8.71. The molecule has 3 aromatic carbocycles.